The van der Waals surface area contributed by atoms with E-state index in [1.807, 2.05) is 4.90 Å². The Labute approximate surface area is 157 Å². The van der Waals surface area contributed by atoms with Gasteiger partial charge < -0.3 is 24.6 Å². The molecule has 1 N–H and O–H groups in total. The van der Waals surface area contributed by atoms with Gasteiger partial charge >= 0.3 is 0 Å². The molecule has 0 unspecified atom stereocenters. The van der Waals surface area contributed by atoms with E-state index in [2.05, 4.69) is 24.2 Å². The minimum atomic E-state index is 0.0716. The van der Waals surface area contributed by atoms with Crippen LogP contribution in [0.2, 0.25) is 0 Å². The quantitative estimate of drug-likeness (QED) is 0.607. The van der Waals surface area contributed by atoms with Crippen LogP contribution in [0, 0.1) is 11.8 Å². The van der Waals surface area contributed by atoms with Crippen LogP contribution < -0.4 is 5.32 Å². The highest BCUT2D eigenvalue weighted by molar-refractivity contribution is 5.78. The van der Waals surface area contributed by atoms with Crippen LogP contribution in [0.3, 0.4) is 0 Å². The smallest absolute Gasteiger partial charge is 0.248 e. The summed E-state index contributed by atoms with van der Waals surface area (Å²) in [6.07, 6.45) is 4.03. The zero-order valence-corrected chi connectivity index (χ0v) is 16.4. The summed E-state index contributed by atoms with van der Waals surface area (Å²) in [4.78, 5) is 28.2. The van der Waals surface area contributed by atoms with Crippen molar-refractivity contribution in [2.75, 3.05) is 66.2 Å². The number of carbonyl (C=O) groups is 2. The molecule has 2 saturated heterocycles. The minimum Gasteiger partial charge on any atom is -0.377 e. The zero-order chi connectivity index (χ0) is 18.8. The fourth-order valence-electron chi connectivity index (χ4n) is 3.39. The third-order valence-corrected chi connectivity index (χ3v) is 5.37. The van der Waals surface area contributed by atoms with Crippen LogP contribution in [0.4, 0.5) is 0 Å². The summed E-state index contributed by atoms with van der Waals surface area (Å²) < 4.78 is 10.9. The molecule has 2 heterocycles. The summed E-state index contributed by atoms with van der Waals surface area (Å²) in [5.74, 6) is 1.06. The van der Waals surface area contributed by atoms with E-state index in [0.717, 1.165) is 51.9 Å². The summed E-state index contributed by atoms with van der Waals surface area (Å²) >= 11 is 0. The van der Waals surface area contributed by atoms with Crippen molar-refractivity contribution in [3.8, 4) is 0 Å². The molecule has 0 bridgehead atoms. The van der Waals surface area contributed by atoms with Gasteiger partial charge in [0.2, 0.25) is 11.8 Å². The van der Waals surface area contributed by atoms with E-state index in [1.165, 1.54) is 0 Å². The molecule has 0 aromatic rings. The van der Waals surface area contributed by atoms with Gasteiger partial charge in [0.25, 0.3) is 0 Å². The highest BCUT2D eigenvalue weighted by Crippen LogP contribution is 2.16. The molecule has 2 aliphatic rings. The first kappa shape index (κ1) is 21.1. The molecule has 7 heteroatoms. The number of ether oxygens (including phenoxy) is 2. The Balaban J connectivity index is 1.41. The van der Waals surface area contributed by atoms with Crippen LogP contribution in [-0.4, -0.2) is 87.8 Å². The molecule has 150 valence electrons. The molecule has 0 aliphatic carbocycles. The number of carbonyl (C=O) groups excluding carboxylic acids is 2. The first-order valence-corrected chi connectivity index (χ1v) is 9.95. The molecule has 0 aromatic carbocycles. The average molecular weight is 370 g/mol. The van der Waals surface area contributed by atoms with Crippen molar-refractivity contribution in [2.45, 2.75) is 32.6 Å². The molecule has 26 heavy (non-hydrogen) atoms. The van der Waals surface area contributed by atoms with Crippen molar-refractivity contribution in [3.05, 3.63) is 0 Å². The lowest BCUT2D eigenvalue weighted by Gasteiger charge is -2.30. The van der Waals surface area contributed by atoms with Crippen molar-refractivity contribution in [2.24, 2.45) is 11.8 Å². The molecule has 2 amide bonds. The van der Waals surface area contributed by atoms with Gasteiger partial charge in [-0.3, -0.25) is 9.59 Å². The first-order valence-electron chi connectivity index (χ1n) is 9.95. The van der Waals surface area contributed by atoms with Crippen LogP contribution in [0.1, 0.15) is 32.6 Å². The normalized spacial score (nSPS) is 20.3. The molecule has 0 radical (unpaired) electrons. The molecule has 0 atom stereocenters. The molecular weight excluding hydrogens is 334 g/mol. The minimum absolute atomic E-state index is 0.0716. The second kappa shape index (κ2) is 11.5. The van der Waals surface area contributed by atoms with E-state index < -0.39 is 0 Å². The number of nitrogens with one attached hydrogen (secondary N) is 1. The lowest BCUT2D eigenvalue weighted by Crippen LogP contribution is -2.40. The van der Waals surface area contributed by atoms with E-state index in [0.29, 0.717) is 32.3 Å². The number of hydrogen-bond donors (Lipinski definition) is 1. The van der Waals surface area contributed by atoms with Crippen LogP contribution in [0.15, 0.2) is 0 Å². The van der Waals surface area contributed by atoms with Gasteiger partial charge in [0.05, 0.1) is 19.8 Å². The van der Waals surface area contributed by atoms with Crippen molar-refractivity contribution in [1.29, 1.82) is 0 Å². The molecule has 2 aliphatic heterocycles. The van der Waals surface area contributed by atoms with Gasteiger partial charge in [-0.2, -0.15) is 0 Å². The second-order valence-corrected chi connectivity index (χ2v) is 7.60. The van der Waals surface area contributed by atoms with Gasteiger partial charge in [-0.05, 0) is 51.7 Å². The number of piperidine rings is 2. The third kappa shape index (κ3) is 7.60. The Morgan fingerprint density at radius 2 is 1.62 bits per heavy atom. The fraction of sp³-hybridized carbons (Fsp3) is 0.895. The highest BCUT2D eigenvalue weighted by Gasteiger charge is 2.23. The maximum atomic E-state index is 12.0. The Bertz CT molecular complexity index is 391. The second-order valence-electron chi connectivity index (χ2n) is 7.60. The summed E-state index contributed by atoms with van der Waals surface area (Å²) in [6.45, 7) is 7.86. The van der Waals surface area contributed by atoms with Gasteiger partial charge in [-0.15, -0.1) is 0 Å². The van der Waals surface area contributed by atoms with Gasteiger partial charge in [0.1, 0.15) is 6.61 Å². The highest BCUT2D eigenvalue weighted by atomic mass is 16.5. The van der Waals surface area contributed by atoms with Gasteiger partial charge in [-0.1, -0.05) is 6.92 Å². The fourth-order valence-corrected chi connectivity index (χ4v) is 3.39. The van der Waals surface area contributed by atoms with Crippen LogP contribution in [0.25, 0.3) is 0 Å². The van der Waals surface area contributed by atoms with Crippen molar-refractivity contribution < 1.29 is 19.1 Å². The molecule has 7 nitrogen and oxygen atoms in total. The van der Waals surface area contributed by atoms with Crippen LogP contribution in [-0.2, 0) is 19.1 Å². The number of amides is 2. The van der Waals surface area contributed by atoms with E-state index in [1.54, 1.807) is 0 Å². The number of hydrogen-bond acceptors (Lipinski definition) is 5. The molecule has 2 fully saturated rings. The summed E-state index contributed by atoms with van der Waals surface area (Å²) in [7, 11) is 2.09. The topological polar surface area (TPSA) is 71.1 Å². The standard InChI is InChI=1S/C19H35N3O4/c1-16-3-10-22(11-4-16)18(23)15-26-14-13-25-12-7-20-19(24)17-5-8-21(2)9-6-17/h16-17H,3-15H2,1-2H3,(H,20,24). The maximum Gasteiger partial charge on any atom is 0.248 e. The monoisotopic (exact) mass is 369 g/mol. The lowest BCUT2D eigenvalue weighted by atomic mass is 9.96. The van der Waals surface area contributed by atoms with E-state index in [4.69, 9.17) is 9.47 Å². The van der Waals surface area contributed by atoms with E-state index in [9.17, 15) is 9.59 Å². The van der Waals surface area contributed by atoms with Crippen LogP contribution >= 0.6 is 0 Å². The predicted octanol–water partition coefficient (Wildman–Crippen LogP) is 0.736. The van der Waals surface area contributed by atoms with Gasteiger partial charge in [0.15, 0.2) is 0 Å². The zero-order valence-electron chi connectivity index (χ0n) is 16.4. The maximum absolute atomic E-state index is 12.0. The van der Waals surface area contributed by atoms with Crippen molar-refractivity contribution >= 4 is 11.8 Å². The third-order valence-electron chi connectivity index (χ3n) is 5.37. The SMILES string of the molecule is CC1CCN(C(=O)COCCOCCNC(=O)C2CCN(C)CC2)CC1. The number of nitrogens with zero attached hydrogens (tertiary/aromatic N) is 2. The van der Waals surface area contributed by atoms with Crippen molar-refractivity contribution in [3.63, 3.8) is 0 Å². The number of rotatable bonds is 9. The predicted molar refractivity (Wildman–Crippen MR) is 99.8 cm³/mol. The summed E-state index contributed by atoms with van der Waals surface area (Å²) in [6, 6.07) is 0. The molecule has 0 saturated carbocycles. The van der Waals surface area contributed by atoms with Crippen molar-refractivity contribution in [1.82, 2.24) is 15.1 Å². The largest absolute Gasteiger partial charge is 0.377 e. The average Bonchev–Trinajstić information content (AvgIpc) is 2.64. The van der Waals surface area contributed by atoms with Gasteiger partial charge in [-0.25, -0.2) is 0 Å². The Hall–Kier alpha value is -1.18. The number of likely N-dealkylation sites (tertiary alicyclic amines) is 2. The molecule has 0 aromatic heterocycles. The molecule has 0 spiro atoms. The molecule has 2 rings (SSSR count). The Morgan fingerprint density at radius 1 is 0.962 bits per heavy atom. The van der Waals surface area contributed by atoms with E-state index in [-0.39, 0.29) is 24.3 Å². The Kier molecular flexibility index (Phi) is 9.36. The van der Waals surface area contributed by atoms with E-state index >= 15 is 0 Å². The lowest BCUT2D eigenvalue weighted by molar-refractivity contribution is -0.138. The Morgan fingerprint density at radius 3 is 2.31 bits per heavy atom. The summed E-state index contributed by atoms with van der Waals surface area (Å²) in [5, 5.41) is 2.94. The van der Waals surface area contributed by atoms with Gasteiger partial charge in [0, 0.05) is 25.6 Å². The summed E-state index contributed by atoms with van der Waals surface area (Å²) in [5.41, 5.74) is 0. The van der Waals surface area contributed by atoms with Crippen LogP contribution in [0.5, 0.6) is 0 Å². The first-order chi connectivity index (χ1) is 12.6. The molecular formula is C19H35N3O4.